The zero-order valence-electron chi connectivity index (χ0n) is 23.7. The molecule has 1 aliphatic carbocycles. The highest BCUT2D eigenvalue weighted by molar-refractivity contribution is 6.36. The number of fused-ring (bicyclic) bond motifs is 1. The summed E-state index contributed by atoms with van der Waals surface area (Å²) in [6, 6.07) is 6.20. The number of nitriles is 1. The van der Waals surface area contributed by atoms with Crippen molar-refractivity contribution in [3.63, 3.8) is 0 Å². The highest BCUT2D eigenvalue weighted by Crippen LogP contribution is 2.48. The number of halogens is 4. The van der Waals surface area contributed by atoms with Crippen molar-refractivity contribution in [3.05, 3.63) is 70.1 Å². The van der Waals surface area contributed by atoms with Crippen LogP contribution in [0.4, 0.5) is 29.3 Å². The molecule has 1 amide bonds. The van der Waals surface area contributed by atoms with Gasteiger partial charge in [-0.25, -0.2) is 23.2 Å². The number of aryl methyl sites for hydroxylation is 1. The first kappa shape index (κ1) is 30.0. The molecule has 1 aromatic carbocycles. The number of carbonyl (C=O) groups is 1. The van der Waals surface area contributed by atoms with Crippen LogP contribution in [0.25, 0.3) is 10.9 Å². The van der Waals surface area contributed by atoms with Crippen molar-refractivity contribution in [2.24, 2.45) is 5.41 Å². The standard InChI is InChI=1S/C29H28ClF3N8O2/c1-15-18(5-6-22(31)37-15)25(21-13-40(39-38-21)29(7-8-29)26(32)33)41(27(42)43)17-9-19-23(36-14-28(2,3)4)16(11-34)12-35-24(19)20(30)10-17/h5-6,9-10,12-13,25-26H,7-8,14H2,1-4H3,(H,35,36)(H,42,43). The van der Waals surface area contributed by atoms with Crippen LogP contribution in [-0.4, -0.2) is 49.1 Å². The largest absolute Gasteiger partial charge is 0.465 e. The van der Waals surface area contributed by atoms with E-state index in [9.17, 15) is 28.3 Å². The average molecular weight is 613 g/mol. The van der Waals surface area contributed by atoms with Crippen LogP contribution >= 0.6 is 11.6 Å². The molecule has 1 atom stereocenters. The van der Waals surface area contributed by atoms with E-state index < -0.39 is 30.0 Å². The van der Waals surface area contributed by atoms with Gasteiger partial charge in [-0.15, -0.1) is 5.10 Å². The highest BCUT2D eigenvalue weighted by Gasteiger charge is 2.54. The molecule has 1 saturated carbocycles. The van der Waals surface area contributed by atoms with Gasteiger partial charge in [-0.2, -0.15) is 9.65 Å². The molecule has 14 heteroatoms. The van der Waals surface area contributed by atoms with Gasteiger partial charge < -0.3 is 10.4 Å². The summed E-state index contributed by atoms with van der Waals surface area (Å²) in [5.41, 5.74) is -0.190. The van der Waals surface area contributed by atoms with Gasteiger partial charge in [-0.05, 0) is 43.4 Å². The molecular formula is C29H28ClF3N8O2. The second kappa shape index (κ2) is 11.0. The van der Waals surface area contributed by atoms with Crippen LogP contribution in [0.2, 0.25) is 5.02 Å². The maximum atomic E-state index is 14.0. The van der Waals surface area contributed by atoms with Gasteiger partial charge >= 0.3 is 6.09 Å². The average Bonchev–Trinajstić information content (AvgIpc) is 3.60. The maximum absolute atomic E-state index is 14.0. The molecular weight excluding hydrogens is 585 g/mol. The first-order chi connectivity index (χ1) is 20.3. The van der Waals surface area contributed by atoms with Crippen molar-refractivity contribution < 1.29 is 23.1 Å². The van der Waals surface area contributed by atoms with E-state index >= 15 is 0 Å². The molecule has 0 saturated heterocycles. The van der Waals surface area contributed by atoms with Gasteiger partial charge in [0.15, 0.2) is 0 Å². The first-order valence-corrected chi connectivity index (χ1v) is 13.8. The smallest absolute Gasteiger partial charge is 0.412 e. The van der Waals surface area contributed by atoms with E-state index in [4.69, 9.17) is 11.6 Å². The molecule has 0 radical (unpaired) electrons. The molecule has 10 nitrogen and oxygen atoms in total. The van der Waals surface area contributed by atoms with E-state index in [1.54, 1.807) is 0 Å². The molecule has 2 N–H and O–H groups in total. The Hall–Kier alpha value is -4.44. The normalized spacial score (nSPS) is 14.9. The molecule has 1 aliphatic rings. The van der Waals surface area contributed by atoms with Crippen LogP contribution in [-0.2, 0) is 5.54 Å². The lowest BCUT2D eigenvalue weighted by Gasteiger charge is -2.30. The van der Waals surface area contributed by atoms with Crippen LogP contribution in [0.1, 0.15) is 62.2 Å². The Morgan fingerprint density at radius 3 is 2.60 bits per heavy atom. The first-order valence-electron chi connectivity index (χ1n) is 13.4. The number of hydrogen-bond acceptors (Lipinski definition) is 7. The summed E-state index contributed by atoms with van der Waals surface area (Å²) in [6.07, 6.45) is -1.09. The Kier molecular flexibility index (Phi) is 7.68. The molecule has 0 spiro atoms. The van der Waals surface area contributed by atoms with Gasteiger partial charge in [-0.1, -0.05) is 43.7 Å². The Balaban J connectivity index is 1.73. The minimum atomic E-state index is -2.70. The number of aromatic nitrogens is 5. The van der Waals surface area contributed by atoms with Gasteiger partial charge in [0.1, 0.15) is 23.3 Å². The molecule has 0 aliphatic heterocycles. The monoisotopic (exact) mass is 612 g/mol. The molecule has 1 fully saturated rings. The lowest BCUT2D eigenvalue weighted by molar-refractivity contribution is 0.0593. The third-order valence-corrected chi connectivity index (χ3v) is 7.66. The van der Waals surface area contributed by atoms with Crippen LogP contribution in [0.15, 0.2) is 36.7 Å². The number of rotatable bonds is 8. The van der Waals surface area contributed by atoms with Crippen molar-refractivity contribution >= 4 is 40.0 Å². The summed E-state index contributed by atoms with van der Waals surface area (Å²) in [4.78, 5) is 22.2. The van der Waals surface area contributed by atoms with Crippen molar-refractivity contribution in [3.8, 4) is 6.07 Å². The van der Waals surface area contributed by atoms with E-state index in [2.05, 4.69) is 31.7 Å². The van der Waals surface area contributed by atoms with Crippen LogP contribution in [0.3, 0.4) is 0 Å². The van der Waals surface area contributed by atoms with Crippen LogP contribution in [0.5, 0.6) is 0 Å². The number of pyridine rings is 2. The molecule has 5 rings (SSSR count). The van der Waals surface area contributed by atoms with Gasteiger partial charge in [-0.3, -0.25) is 9.88 Å². The summed E-state index contributed by atoms with van der Waals surface area (Å²) < 4.78 is 42.9. The number of alkyl halides is 2. The molecule has 0 bridgehead atoms. The second-order valence-corrected chi connectivity index (χ2v) is 12.2. The molecule has 4 aromatic rings. The van der Waals surface area contributed by atoms with Crippen molar-refractivity contribution in [1.29, 1.82) is 5.26 Å². The van der Waals surface area contributed by atoms with Crippen molar-refractivity contribution in [2.45, 2.75) is 58.5 Å². The van der Waals surface area contributed by atoms with E-state index in [0.717, 1.165) is 15.6 Å². The summed E-state index contributed by atoms with van der Waals surface area (Å²) >= 11 is 6.65. The number of hydrogen-bond donors (Lipinski definition) is 2. The van der Waals surface area contributed by atoms with E-state index in [1.807, 2.05) is 20.8 Å². The minimum absolute atomic E-state index is 0.0250. The topological polar surface area (TPSA) is 133 Å². The second-order valence-electron chi connectivity index (χ2n) is 11.8. The lowest BCUT2D eigenvalue weighted by Crippen LogP contribution is -2.35. The fourth-order valence-corrected chi connectivity index (χ4v) is 5.20. The van der Waals surface area contributed by atoms with Gasteiger partial charge in [0.25, 0.3) is 6.43 Å². The Morgan fingerprint density at radius 2 is 2.02 bits per heavy atom. The predicted molar refractivity (Wildman–Crippen MR) is 154 cm³/mol. The zero-order chi connectivity index (χ0) is 31.3. The summed E-state index contributed by atoms with van der Waals surface area (Å²) in [6.45, 7) is 8.01. The number of anilines is 2. The van der Waals surface area contributed by atoms with E-state index in [1.165, 1.54) is 37.5 Å². The van der Waals surface area contributed by atoms with Gasteiger partial charge in [0, 0.05) is 29.4 Å². The highest BCUT2D eigenvalue weighted by atomic mass is 35.5. The quantitative estimate of drug-likeness (QED) is 0.211. The van der Waals surface area contributed by atoms with Gasteiger partial charge in [0.2, 0.25) is 5.95 Å². The van der Waals surface area contributed by atoms with Crippen molar-refractivity contribution in [2.75, 3.05) is 16.8 Å². The molecule has 224 valence electrons. The summed E-state index contributed by atoms with van der Waals surface area (Å²) in [7, 11) is 0. The van der Waals surface area contributed by atoms with Crippen LogP contribution < -0.4 is 10.2 Å². The number of carboxylic acid groups (broad SMARTS) is 1. The third-order valence-electron chi connectivity index (χ3n) is 7.37. The van der Waals surface area contributed by atoms with Crippen LogP contribution in [0, 0.1) is 29.6 Å². The fraction of sp³-hybridized carbons (Fsp3) is 0.379. The number of nitrogens with zero attached hydrogens (tertiary/aromatic N) is 7. The number of nitrogens with one attached hydrogen (secondary N) is 1. The fourth-order valence-electron chi connectivity index (χ4n) is 4.94. The minimum Gasteiger partial charge on any atom is -0.465 e. The summed E-state index contributed by atoms with van der Waals surface area (Å²) in [5.74, 6) is -0.779. The predicted octanol–water partition coefficient (Wildman–Crippen LogP) is 6.68. The maximum Gasteiger partial charge on any atom is 0.412 e. The molecule has 1 unspecified atom stereocenters. The number of benzene rings is 1. The third kappa shape index (κ3) is 5.67. The molecule has 3 aromatic heterocycles. The summed E-state index contributed by atoms with van der Waals surface area (Å²) in [5, 5.41) is 32.3. The zero-order valence-corrected chi connectivity index (χ0v) is 24.5. The Bertz CT molecular complexity index is 1760. The molecule has 3 heterocycles. The SMILES string of the molecule is Cc1nc(F)ccc1C(c1cn(C2(C(F)F)CC2)nn1)N(C(=O)O)c1cc(Cl)c2ncc(C#N)c(NCC(C)(C)C)c2c1. The van der Waals surface area contributed by atoms with E-state index in [-0.39, 0.29) is 51.5 Å². The number of amides is 1. The van der Waals surface area contributed by atoms with E-state index in [0.29, 0.717) is 23.1 Å². The Labute approximate surface area is 250 Å². The van der Waals surface area contributed by atoms with Crippen molar-refractivity contribution in [1.82, 2.24) is 25.0 Å². The Morgan fingerprint density at radius 1 is 1.30 bits per heavy atom. The van der Waals surface area contributed by atoms with Gasteiger partial charge in [0.05, 0.1) is 33.7 Å². The lowest BCUT2D eigenvalue weighted by atomic mass is 9.96. The molecule has 43 heavy (non-hydrogen) atoms.